The van der Waals surface area contributed by atoms with Gasteiger partial charge in [-0.1, -0.05) is 40.7 Å². The first kappa shape index (κ1) is 19.0. The van der Waals surface area contributed by atoms with Crippen LogP contribution in [0, 0.1) is 28.6 Å². The van der Waals surface area contributed by atoms with Gasteiger partial charge in [-0.15, -0.1) is 0 Å². The highest BCUT2D eigenvalue weighted by Crippen LogP contribution is 2.61. The smallest absolute Gasteiger partial charge is 0.0753 e. The third-order valence-electron chi connectivity index (χ3n) is 7.21. The van der Waals surface area contributed by atoms with E-state index in [0.717, 1.165) is 44.1 Å². The van der Waals surface area contributed by atoms with Crippen LogP contribution in [0.4, 0.5) is 0 Å². The maximum atomic E-state index is 10.6. The lowest BCUT2D eigenvalue weighted by Crippen LogP contribution is -2.57. The Balaban J connectivity index is 2.23. The van der Waals surface area contributed by atoms with Crippen LogP contribution in [0.5, 0.6) is 0 Å². The fraction of sp³-hybridized carbons (Fsp3) is 0.900. The summed E-state index contributed by atoms with van der Waals surface area (Å²) in [6, 6.07) is 0. The van der Waals surface area contributed by atoms with Crippen molar-refractivity contribution in [2.75, 3.05) is 6.61 Å². The summed E-state index contributed by atoms with van der Waals surface area (Å²) < 4.78 is 0. The van der Waals surface area contributed by atoms with E-state index in [2.05, 4.69) is 34.3 Å². The van der Waals surface area contributed by atoms with E-state index in [1.54, 1.807) is 0 Å². The molecule has 0 unspecified atom stereocenters. The van der Waals surface area contributed by atoms with Crippen molar-refractivity contribution in [2.24, 2.45) is 28.6 Å². The molecule has 6 atom stereocenters. The van der Waals surface area contributed by atoms with Gasteiger partial charge in [-0.2, -0.15) is 0 Å². The Kier molecular flexibility index (Phi) is 5.65. The van der Waals surface area contributed by atoms with Crippen molar-refractivity contribution < 1.29 is 15.3 Å². The van der Waals surface area contributed by atoms with Crippen molar-refractivity contribution >= 4 is 0 Å². The molecule has 0 bridgehead atoms. The number of aliphatic hydroxyl groups excluding tert-OH is 3. The number of hydrogen-bond donors (Lipinski definition) is 3. The highest BCUT2D eigenvalue weighted by Gasteiger charge is 2.57. The Morgan fingerprint density at radius 3 is 2.48 bits per heavy atom. The predicted octanol–water partition coefficient (Wildman–Crippen LogP) is 3.53. The lowest BCUT2D eigenvalue weighted by atomic mass is 9.46. The van der Waals surface area contributed by atoms with Crippen molar-refractivity contribution in [3.63, 3.8) is 0 Å². The van der Waals surface area contributed by atoms with Crippen LogP contribution in [0.15, 0.2) is 12.2 Å². The average molecular weight is 325 g/mol. The molecule has 23 heavy (non-hydrogen) atoms. The van der Waals surface area contributed by atoms with E-state index in [0.29, 0.717) is 17.8 Å². The SMILES string of the molecule is C=C1[C@H](O)C[C@H]2C(C)(C)[C@H](O)CC[C@]2(C)[C@H]1CC[C@H](C)CCO. The second-order valence-electron chi connectivity index (χ2n) is 9.01. The number of aliphatic hydroxyl groups is 3. The van der Waals surface area contributed by atoms with E-state index < -0.39 is 6.10 Å². The molecule has 3 nitrogen and oxygen atoms in total. The minimum atomic E-state index is -0.448. The van der Waals surface area contributed by atoms with Gasteiger partial charge in [0.1, 0.15) is 0 Å². The van der Waals surface area contributed by atoms with Gasteiger partial charge in [-0.05, 0) is 66.3 Å². The van der Waals surface area contributed by atoms with Crippen molar-refractivity contribution in [3.05, 3.63) is 12.2 Å². The second-order valence-corrected chi connectivity index (χ2v) is 9.01. The molecule has 2 aliphatic carbocycles. The predicted molar refractivity (Wildman–Crippen MR) is 94.0 cm³/mol. The summed E-state index contributed by atoms with van der Waals surface area (Å²) in [7, 11) is 0. The summed E-state index contributed by atoms with van der Waals surface area (Å²) in [6.45, 7) is 13.3. The molecule has 0 heterocycles. The van der Waals surface area contributed by atoms with Crippen molar-refractivity contribution in [3.8, 4) is 0 Å². The summed E-state index contributed by atoms with van der Waals surface area (Å²) in [5.74, 6) is 1.12. The zero-order valence-corrected chi connectivity index (χ0v) is 15.4. The van der Waals surface area contributed by atoms with Crippen LogP contribution >= 0.6 is 0 Å². The fourth-order valence-corrected chi connectivity index (χ4v) is 5.43. The molecule has 0 spiro atoms. The molecule has 0 aromatic rings. The molecule has 2 fully saturated rings. The van der Waals surface area contributed by atoms with E-state index in [1.165, 1.54) is 0 Å². The minimum Gasteiger partial charge on any atom is -0.396 e. The molecule has 0 amide bonds. The zero-order chi connectivity index (χ0) is 17.4. The van der Waals surface area contributed by atoms with E-state index in [9.17, 15) is 10.2 Å². The molecular formula is C20H36O3. The highest BCUT2D eigenvalue weighted by molar-refractivity contribution is 5.20. The molecule has 2 aliphatic rings. The highest BCUT2D eigenvalue weighted by atomic mass is 16.3. The first-order chi connectivity index (χ1) is 10.6. The van der Waals surface area contributed by atoms with E-state index >= 15 is 0 Å². The third kappa shape index (κ3) is 3.38. The minimum absolute atomic E-state index is 0.109. The number of hydrogen-bond acceptors (Lipinski definition) is 3. The van der Waals surface area contributed by atoms with E-state index in [4.69, 9.17) is 5.11 Å². The van der Waals surface area contributed by atoms with E-state index in [-0.39, 0.29) is 23.5 Å². The zero-order valence-electron chi connectivity index (χ0n) is 15.4. The normalized spacial score (nSPS) is 41.4. The lowest BCUT2D eigenvalue weighted by Gasteiger charge is -2.60. The second kappa shape index (κ2) is 6.85. The van der Waals surface area contributed by atoms with Gasteiger partial charge in [0.05, 0.1) is 12.2 Å². The van der Waals surface area contributed by atoms with Crippen LogP contribution in [0.2, 0.25) is 0 Å². The Morgan fingerprint density at radius 1 is 1.22 bits per heavy atom. The Hall–Kier alpha value is -0.380. The van der Waals surface area contributed by atoms with Crippen LogP contribution in [0.1, 0.15) is 66.2 Å². The summed E-state index contributed by atoms with van der Waals surface area (Å²) in [4.78, 5) is 0. The number of fused-ring (bicyclic) bond motifs is 1. The van der Waals surface area contributed by atoms with Gasteiger partial charge >= 0.3 is 0 Å². The molecule has 0 aromatic carbocycles. The lowest BCUT2D eigenvalue weighted by molar-refractivity contribution is -0.141. The Labute approximate surface area is 141 Å². The van der Waals surface area contributed by atoms with Crippen LogP contribution in [-0.4, -0.2) is 34.1 Å². The van der Waals surface area contributed by atoms with Crippen molar-refractivity contribution in [2.45, 2.75) is 78.4 Å². The Morgan fingerprint density at radius 2 is 1.87 bits per heavy atom. The Bertz CT molecular complexity index is 431. The molecule has 2 saturated carbocycles. The number of rotatable bonds is 5. The van der Waals surface area contributed by atoms with Gasteiger partial charge in [0, 0.05) is 6.61 Å². The quantitative estimate of drug-likeness (QED) is 0.678. The molecule has 0 aliphatic heterocycles. The molecule has 0 radical (unpaired) electrons. The van der Waals surface area contributed by atoms with Gasteiger partial charge in [0.25, 0.3) is 0 Å². The monoisotopic (exact) mass is 324 g/mol. The third-order valence-corrected chi connectivity index (χ3v) is 7.21. The van der Waals surface area contributed by atoms with Gasteiger partial charge in [0.2, 0.25) is 0 Å². The van der Waals surface area contributed by atoms with Crippen LogP contribution in [0.3, 0.4) is 0 Å². The standard InChI is InChI=1S/C20H36O3/c1-13(9-11-21)6-7-15-14(2)16(22)12-17-19(3,4)18(23)8-10-20(15,17)5/h13,15-18,21-23H,2,6-12H2,1,3-5H3/t13-,15-,16+,17-,18+,20+/m0/s1. The first-order valence-corrected chi connectivity index (χ1v) is 9.30. The molecule has 2 rings (SSSR count). The maximum absolute atomic E-state index is 10.6. The molecule has 0 saturated heterocycles. The molecular weight excluding hydrogens is 288 g/mol. The summed E-state index contributed by atoms with van der Waals surface area (Å²) in [5, 5.41) is 30.2. The molecule has 0 aromatic heterocycles. The van der Waals surface area contributed by atoms with Crippen LogP contribution in [0.25, 0.3) is 0 Å². The maximum Gasteiger partial charge on any atom is 0.0753 e. The topological polar surface area (TPSA) is 60.7 Å². The van der Waals surface area contributed by atoms with Gasteiger partial charge in [-0.25, -0.2) is 0 Å². The van der Waals surface area contributed by atoms with Crippen molar-refractivity contribution in [1.29, 1.82) is 0 Å². The summed E-state index contributed by atoms with van der Waals surface area (Å²) in [5.41, 5.74) is 0.939. The molecule has 134 valence electrons. The van der Waals surface area contributed by atoms with Gasteiger partial charge < -0.3 is 15.3 Å². The molecule has 3 N–H and O–H groups in total. The summed E-state index contributed by atoms with van der Waals surface area (Å²) >= 11 is 0. The van der Waals surface area contributed by atoms with Crippen LogP contribution < -0.4 is 0 Å². The molecule has 3 heteroatoms. The van der Waals surface area contributed by atoms with Gasteiger partial charge in [-0.3, -0.25) is 0 Å². The van der Waals surface area contributed by atoms with Crippen LogP contribution in [-0.2, 0) is 0 Å². The summed E-state index contributed by atoms with van der Waals surface area (Å²) in [6.07, 6.45) is 4.76. The van der Waals surface area contributed by atoms with E-state index in [1.807, 2.05) is 0 Å². The van der Waals surface area contributed by atoms with Gasteiger partial charge in [0.15, 0.2) is 0 Å². The fourth-order valence-electron chi connectivity index (χ4n) is 5.43. The first-order valence-electron chi connectivity index (χ1n) is 9.30. The van der Waals surface area contributed by atoms with Crippen molar-refractivity contribution in [1.82, 2.24) is 0 Å². The average Bonchev–Trinajstić information content (AvgIpc) is 2.47. The largest absolute Gasteiger partial charge is 0.396 e.